The van der Waals surface area contributed by atoms with Crippen LogP contribution in [0.3, 0.4) is 0 Å². The lowest BCUT2D eigenvalue weighted by Gasteiger charge is -2.34. The molecular weight excluding hydrogens is 289 g/mol. The van der Waals surface area contributed by atoms with E-state index in [9.17, 15) is 23.1 Å². The number of fused-ring (bicyclic) bond motifs is 1. The van der Waals surface area contributed by atoms with Crippen molar-refractivity contribution < 1.29 is 28.2 Å². The number of hydrogen-bond donors (Lipinski definition) is 2. The maximum Gasteiger partial charge on any atom is 0.449 e. The van der Waals surface area contributed by atoms with E-state index in [1.807, 2.05) is 0 Å². The highest BCUT2D eigenvalue weighted by Gasteiger charge is 2.42. The molecule has 1 saturated carbocycles. The minimum atomic E-state index is -4.64. The van der Waals surface area contributed by atoms with Crippen molar-refractivity contribution in [1.82, 2.24) is 9.55 Å². The molecule has 0 aliphatic heterocycles. The van der Waals surface area contributed by atoms with Crippen molar-refractivity contribution in [2.24, 2.45) is 0 Å². The van der Waals surface area contributed by atoms with Gasteiger partial charge >= 0.3 is 12.1 Å². The summed E-state index contributed by atoms with van der Waals surface area (Å²) < 4.78 is 40.4. The first-order valence-electron chi connectivity index (χ1n) is 6.28. The van der Waals surface area contributed by atoms with Crippen LogP contribution in [-0.2, 0) is 6.18 Å². The van der Waals surface area contributed by atoms with Crippen LogP contribution in [-0.4, -0.2) is 31.8 Å². The number of carbonyl (C=O) groups is 1. The molecule has 8 heteroatoms. The van der Waals surface area contributed by atoms with Crippen molar-refractivity contribution in [2.45, 2.75) is 31.2 Å². The highest BCUT2D eigenvalue weighted by molar-refractivity contribution is 5.92. The number of aliphatic hydroxyl groups excluding tert-OH is 1. The Hall–Kier alpha value is -2.09. The molecule has 0 atom stereocenters. The van der Waals surface area contributed by atoms with Crippen molar-refractivity contribution in [3.63, 3.8) is 0 Å². The highest BCUT2D eigenvalue weighted by Crippen LogP contribution is 2.40. The van der Waals surface area contributed by atoms with E-state index in [4.69, 9.17) is 5.11 Å². The topological polar surface area (TPSA) is 75.3 Å². The Morgan fingerprint density at radius 1 is 1.33 bits per heavy atom. The van der Waals surface area contributed by atoms with Gasteiger partial charge in [0.2, 0.25) is 5.82 Å². The number of aromatic carboxylic acids is 1. The summed E-state index contributed by atoms with van der Waals surface area (Å²) in [4.78, 5) is 14.4. The zero-order chi connectivity index (χ0) is 15.4. The van der Waals surface area contributed by atoms with Crippen LogP contribution in [0.25, 0.3) is 11.0 Å². The first-order chi connectivity index (χ1) is 9.77. The normalized spacial score (nSPS) is 22.3. The third kappa shape index (κ3) is 2.25. The number of carboxylic acids is 1. The molecule has 0 spiro atoms. The van der Waals surface area contributed by atoms with Gasteiger partial charge in [-0.2, -0.15) is 13.2 Å². The summed E-state index contributed by atoms with van der Waals surface area (Å²) in [5, 5.41) is 18.2. The van der Waals surface area contributed by atoms with Crippen LogP contribution in [0.4, 0.5) is 13.2 Å². The maximum absolute atomic E-state index is 13.1. The van der Waals surface area contributed by atoms with Gasteiger partial charge in [0, 0.05) is 6.04 Å². The lowest BCUT2D eigenvalue weighted by atomic mass is 9.89. The number of halogens is 3. The quantitative estimate of drug-likeness (QED) is 0.893. The second-order valence-electron chi connectivity index (χ2n) is 5.09. The summed E-state index contributed by atoms with van der Waals surface area (Å²) in [5.41, 5.74) is 0.0994. The number of alkyl halides is 3. The van der Waals surface area contributed by atoms with Gasteiger partial charge in [-0.05, 0) is 31.0 Å². The summed E-state index contributed by atoms with van der Waals surface area (Å²) >= 11 is 0. The van der Waals surface area contributed by atoms with Crippen molar-refractivity contribution in [3.05, 3.63) is 29.6 Å². The molecule has 5 nitrogen and oxygen atoms in total. The molecule has 1 aromatic heterocycles. The Morgan fingerprint density at radius 2 is 2.00 bits per heavy atom. The fourth-order valence-corrected chi connectivity index (χ4v) is 2.57. The van der Waals surface area contributed by atoms with Crippen LogP contribution in [0.2, 0.25) is 0 Å². The molecule has 1 aliphatic rings. The third-order valence-corrected chi connectivity index (χ3v) is 3.64. The molecule has 0 amide bonds. The van der Waals surface area contributed by atoms with E-state index in [0.29, 0.717) is 0 Å². The average Bonchev–Trinajstić information content (AvgIpc) is 2.72. The van der Waals surface area contributed by atoms with Gasteiger partial charge in [0.1, 0.15) is 0 Å². The van der Waals surface area contributed by atoms with Gasteiger partial charge in [-0.25, -0.2) is 9.78 Å². The highest BCUT2D eigenvalue weighted by atomic mass is 19.4. The molecule has 0 bridgehead atoms. The summed E-state index contributed by atoms with van der Waals surface area (Å²) in [5.74, 6) is -2.28. The maximum atomic E-state index is 13.1. The lowest BCUT2D eigenvalue weighted by Crippen LogP contribution is -2.33. The summed E-state index contributed by atoms with van der Waals surface area (Å²) in [7, 11) is 0. The Balaban J connectivity index is 2.19. The van der Waals surface area contributed by atoms with Gasteiger partial charge in [-0.3, -0.25) is 0 Å². The van der Waals surface area contributed by atoms with Gasteiger partial charge in [-0.1, -0.05) is 0 Å². The fraction of sp³-hybridized carbons (Fsp3) is 0.385. The first-order valence-corrected chi connectivity index (χ1v) is 6.28. The summed E-state index contributed by atoms with van der Waals surface area (Å²) in [6.07, 6.45) is -4.78. The molecule has 0 unspecified atom stereocenters. The second-order valence-corrected chi connectivity index (χ2v) is 5.09. The fourth-order valence-electron chi connectivity index (χ4n) is 2.57. The molecule has 112 valence electrons. The molecule has 1 aromatic carbocycles. The molecule has 0 saturated heterocycles. The van der Waals surface area contributed by atoms with Crippen molar-refractivity contribution in [2.75, 3.05) is 0 Å². The van der Waals surface area contributed by atoms with Crippen molar-refractivity contribution in [1.29, 1.82) is 0 Å². The Kier molecular flexibility index (Phi) is 2.94. The number of benzene rings is 1. The van der Waals surface area contributed by atoms with Gasteiger partial charge in [-0.15, -0.1) is 0 Å². The van der Waals surface area contributed by atoms with Gasteiger partial charge in [0.15, 0.2) is 0 Å². The van der Waals surface area contributed by atoms with E-state index in [1.165, 1.54) is 12.1 Å². The van der Waals surface area contributed by atoms with Gasteiger partial charge in [0.25, 0.3) is 0 Å². The third-order valence-electron chi connectivity index (χ3n) is 3.64. The molecule has 2 N–H and O–H groups in total. The van der Waals surface area contributed by atoms with E-state index in [2.05, 4.69) is 4.98 Å². The number of aliphatic hydroxyl groups is 1. The van der Waals surface area contributed by atoms with E-state index >= 15 is 0 Å². The van der Waals surface area contributed by atoms with Gasteiger partial charge in [0.05, 0.1) is 22.7 Å². The Morgan fingerprint density at radius 3 is 2.52 bits per heavy atom. The average molecular weight is 300 g/mol. The van der Waals surface area contributed by atoms with Crippen molar-refractivity contribution >= 4 is 17.0 Å². The van der Waals surface area contributed by atoms with Crippen LogP contribution in [0.15, 0.2) is 18.2 Å². The predicted molar refractivity (Wildman–Crippen MR) is 66.0 cm³/mol. The van der Waals surface area contributed by atoms with Crippen LogP contribution in [0.5, 0.6) is 0 Å². The molecule has 2 aromatic rings. The number of hydrogen-bond acceptors (Lipinski definition) is 3. The van der Waals surface area contributed by atoms with E-state index in [0.717, 1.165) is 10.6 Å². The standard InChI is InChI=1S/C13H11F3N2O3/c14-13(15,16)12-17-9-3-6(11(20)21)1-2-10(9)18(12)7-4-8(19)5-7/h1-3,7-8,19H,4-5H2,(H,20,21). The van der Waals surface area contributed by atoms with E-state index in [1.54, 1.807) is 0 Å². The number of imidazole rings is 1. The van der Waals surface area contributed by atoms with Crippen LogP contribution in [0.1, 0.15) is 35.1 Å². The molecular formula is C13H11F3N2O3. The SMILES string of the molecule is O=C(O)c1ccc2c(c1)nc(C(F)(F)F)n2C1CC(O)C1. The summed E-state index contributed by atoms with van der Waals surface area (Å²) in [6.45, 7) is 0. The monoisotopic (exact) mass is 300 g/mol. The first kappa shape index (κ1) is 13.9. The van der Waals surface area contributed by atoms with Gasteiger partial charge < -0.3 is 14.8 Å². The summed E-state index contributed by atoms with van der Waals surface area (Å²) in [6, 6.07) is 3.22. The molecule has 1 fully saturated rings. The number of carboxylic acid groups (broad SMARTS) is 1. The number of nitrogens with zero attached hydrogens (tertiary/aromatic N) is 2. The second kappa shape index (κ2) is 4.45. The minimum Gasteiger partial charge on any atom is -0.478 e. The number of rotatable bonds is 2. The lowest BCUT2D eigenvalue weighted by molar-refractivity contribution is -0.149. The minimum absolute atomic E-state index is 0.0105. The molecule has 3 rings (SSSR count). The largest absolute Gasteiger partial charge is 0.478 e. The van der Waals surface area contributed by atoms with Crippen LogP contribution in [0, 0.1) is 0 Å². The number of aromatic nitrogens is 2. The van der Waals surface area contributed by atoms with Crippen LogP contribution < -0.4 is 0 Å². The zero-order valence-electron chi connectivity index (χ0n) is 10.6. The molecule has 1 aliphatic carbocycles. The zero-order valence-corrected chi connectivity index (χ0v) is 10.6. The molecule has 0 radical (unpaired) electrons. The van der Waals surface area contributed by atoms with Crippen molar-refractivity contribution in [3.8, 4) is 0 Å². The Bertz CT molecular complexity index is 717. The van der Waals surface area contributed by atoms with E-state index < -0.39 is 30.1 Å². The smallest absolute Gasteiger partial charge is 0.449 e. The predicted octanol–water partition coefficient (Wildman–Crippen LogP) is 2.45. The van der Waals surface area contributed by atoms with Crippen LogP contribution >= 0.6 is 0 Å². The molecule has 21 heavy (non-hydrogen) atoms. The Labute approximate surface area is 116 Å². The van der Waals surface area contributed by atoms with E-state index in [-0.39, 0.29) is 29.4 Å². The molecule has 1 heterocycles.